The fourth-order valence-corrected chi connectivity index (χ4v) is 2.96. The third-order valence-corrected chi connectivity index (χ3v) is 4.51. The number of benzene rings is 1. The number of ether oxygens (including phenoxy) is 1. The Balaban J connectivity index is 2.10. The lowest BCUT2D eigenvalue weighted by Gasteiger charge is -2.32. The van der Waals surface area contributed by atoms with E-state index in [0.29, 0.717) is 19.5 Å². The van der Waals surface area contributed by atoms with Crippen molar-refractivity contribution in [2.45, 2.75) is 44.8 Å². The van der Waals surface area contributed by atoms with E-state index in [1.165, 1.54) is 11.1 Å². The van der Waals surface area contributed by atoms with Gasteiger partial charge in [0.15, 0.2) is 0 Å². The van der Waals surface area contributed by atoms with Crippen LogP contribution in [0.3, 0.4) is 0 Å². The Hall–Kier alpha value is -1.59. The Morgan fingerprint density at radius 2 is 2.17 bits per heavy atom. The van der Waals surface area contributed by atoms with Crippen LogP contribution in [-0.4, -0.2) is 48.4 Å². The van der Waals surface area contributed by atoms with E-state index in [4.69, 9.17) is 9.84 Å². The third kappa shape index (κ3) is 4.45. The number of rotatable bonds is 7. The lowest BCUT2D eigenvalue weighted by atomic mass is 10.1. The van der Waals surface area contributed by atoms with Crippen molar-refractivity contribution < 1.29 is 14.6 Å². The zero-order chi connectivity index (χ0) is 16.9. The van der Waals surface area contributed by atoms with Gasteiger partial charge in [-0.3, -0.25) is 0 Å². The summed E-state index contributed by atoms with van der Waals surface area (Å²) in [6, 6.07) is 8.29. The molecule has 0 bridgehead atoms. The van der Waals surface area contributed by atoms with Crippen LogP contribution in [0.25, 0.3) is 0 Å². The van der Waals surface area contributed by atoms with Crippen LogP contribution in [-0.2, 0) is 11.2 Å². The number of nitrogens with one attached hydrogen (secondary N) is 1. The van der Waals surface area contributed by atoms with Gasteiger partial charge >= 0.3 is 6.03 Å². The highest BCUT2D eigenvalue weighted by atomic mass is 16.5. The van der Waals surface area contributed by atoms with E-state index < -0.39 is 5.60 Å². The number of fused-ring (bicyclic) bond motifs is 1. The van der Waals surface area contributed by atoms with Gasteiger partial charge in [-0.25, -0.2) is 4.79 Å². The van der Waals surface area contributed by atoms with Gasteiger partial charge in [0, 0.05) is 26.8 Å². The van der Waals surface area contributed by atoms with E-state index in [1.54, 1.807) is 7.11 Å². The predicted octanol–water partition coefficient (Wildman–Crippen LogP) is 2.49. The standard InChI is InChI=1S/C18H28N2O3/c1-18(2,23-3)13-19-17(22)20(11-6-12-21)16-10-9-14-7-4-5-8-15(14)16/h4-5,7-8,16,21H,6,9-13H2,1-3H3,(H,19,22). The molecule has 0 radical (unpaired) electrons. The smallest absolute Gasteiger partial charge is 0.318 e. The van der Waals surface area contributed by atoms with Crippen LogP contribution in [0.4, 0.5) is 4.79 Å². The van der Waals surface area contributed by atoms with Gasteiger partial charge in [-0.2, -0.15) is 0 Å². The number of aliphatic hydroxyl groups is 1. The summed E-state index contributed by atoms with van der Waals surface area (Å²) >= 11 is 0. The van der Waals surface area contributed by atoms with Crippen molar-refractivity contribution in [2.75, 3.05) is 26.8 Å². The van der Waals surface area contributed by atoms with E-state index in [0.717, 1.165) is 12.8 Å². The van der Waals surface area contributed by atoms with Gasteiger partial charge in [-0.05, 0) is 44.2 Å². The monoisotopic (exact) mass is 320 g/mol. The summed E-state index contributed by atoms with van der Waals surface area (Å²) in [5.41, 5.74) is 2.15. The van der Waals surface area contributed by atoms with Gasteiger partial charge in [-0.15, -0.1) is 0 Å². The maximum absolute atomic E-state index is 12.7. The molecule has 1 aromatic carbocycles. The molecule has 23 heavy (non-hydrogen) atoms. The number of nitrogens with zero attached hydrogens (tertiary/aromatic N) is 1. The SMILES string of the molecule is COC(C)(C)CNC(=O)N(CCCO)C1CCc2ccccc21. The number of amides is 2. The van der Waals surface area contributed by atoms with Crippen LogP contribution in [0.2, 0.25) is 0 Å². The summed E-state index contributed by atoms with van der Waals surface area (Å²) in [6.45, 7) is 4.97. The second kappa shape index (κ2) is 7.79. The maximum atomic E-state index is 12.7. The lowest BCUT2D eigenvalue weighted by molar-refractivity contribution is 0.0237. The highest BCUT2D eigenvalue weighted by molar-refractivity contribution is 5.75. The molecular formula is C18H28N2O3. The Morgan fingerprint density at radius 1 is 1.43 bits per heavy atom. The van der Waals surface area contributed by atoms with Crippen molar-refractivity contribution in [1.82, 2.24) is 10.2 Å². The van der Waals surface area contributed by atoms with Gasteiger partial charge in [-0.1, -0.05) is 24.3 Å². The quantitative estimate of drug-likeness (QED) is 0.811. The molecule has 0 heterocycles. The molecule has 5 nitrogen and oxygen atoms in total. The normalized spacial score (nSPS) is 17.0. The van der Waals surface area contributed by atoms with Crippen molar-refractivity contribution in [2.24, 2.45) is 0 Å². The average Bonchev–Trinajstić information content (AvgIpc) is 2.97. The molecule has 0 spiro atoms. The van der Waals surface area contributed by atoms with Crippen molar-refractivity contribution in [3.63, 3.8) is 0 Å². The van der Waals surface area contributed by atoms with Crippen LogP contribution < -0.4 is 5.32 Å². The molecule has 2 rings (SSSR count). The van der Waals surface area contributed by atoms with Gasteiger partial charge in [0.25, 0.3) is 0 Å². The molecule has 0 aliphatic heterocycles. The molecule has 2 amide bonds. The summed E-state index contributed by atoms with van der Waals surface area (Å²) in [5.74, 6) is 0. The van der Waals surface area contributed by atoms with Crippen molar-refractivity contribution >= 4 is 6.03 Å². The Bertz CT molecular complexity index is 531. The first-order valence-corrected chi connectivity index (χ1v) is 8.27. The van der Waals surface area contributed by atoms with E-state index in [1.807, 2.05) is 30.9 Å². The van der Waals surface area contributed by atoms with Crippen molar-refractivity contribution in [3.8, 4) is 0 Å². The first-order chi connectivity index (χ1) is 11.0. The highest BCUT2D eigenvalue weighted by Crippen LogP contribution is 2.35. The maximum Gasteiger partial charge on any atom is 0.318 e. The second-order valence-electron chi connectivity index (χ2n) is 6.65. The Kier molecular flexibility index (Phi) is 6.02. The van der Waals surface area contributed by atoms with Crippen LogP contribution in [0.1, 0.15) is 43.9 Å². The molecule has 0 aromatic heterocycles. The van der Waals surface area contributed by atoms with Gasteiger partial charge in [0.1, 0.15) is 0 Å². The third-order valence-electron chi connectivity index (χ3n) is 4.51. The second-order valence-corrected chi connectivity index (χ2v) is 6.65. The van der Waals surface area contributed by atoms with Crippen LogP contribution >= 0.6 is 0 Å². The number of hydrogen-bond acceptors (Lipinski definition) is 3. The minimum absolute atomic E-state index is 0.0850. The molecule has 1 aliphatic carbocycles. The number of carbonyl (C=O) groups excluding carboxylic acids is 1. The number of urea groups is 1. The molecule has 1 aliphatic rings. The molecule has 1 unspecified atom stereocenters. The zero-order valence-corrected chi connectivity index (χ0v) is 14.3. The number of aryl methyl sites for hydroxylation is 1. The number of aliphatic hydroxyl groups excluding tert-OH is 1. The molecule has 0 saturated heterocycles. The largest absolute Gasteiger partial charge is 0.396 e. The minimum Gasteiger partial charge on any atom is -0.396 e. The lowest BCUT2D eigenvalue weighted by Crippen LogP contribution is -2.47. The molecule has 2 N–H and O–H groups in total. The van der Waals surface area contributed by atoms with Crippen molar-refractivity contribution in [1.29, 1.82) is 0 Å². The van der Waals surface area contributed by atoms with Gasteiger partial charge in [0.2, 0.25) is 0 Å². The molecule has 0 fully saturated rings. The topological polar surface area (TPSA) is 61.8 Å². The summed E-state index contributed by atoms with van der Waals surface area (Å²) in [7, 11) is 1.64. The summed E-state index contributed by atoms with van der Waals surface area (Å²) in [6.07, 6.45) is 2.51. The zero-order valence-electron chi connectivity index (χ0n) is 14.3. The molecule has 5 heteroatoms. The highest BCUT2D eigenvalue weighted by Gasteiger charge is 2.31. The molecule has 1 aromatic rings. The first kappa shape index (κ1) is 17.8. The molecule has 0 saturated carbocycles. The van der Waals surface area contributed by atoms with Crippen LogP contribution in [0.5, 0.6) is 0 Å². The van der Waals surface area contributed by atoms with E-state index in [9.17, 15) is 4.79 Å². The number of carbonyl (C=O) groups is 1. The molecule has 128 valence electrons. The van der Waals surface area contributed by atoms with Crippen molar-refractivity contribution in [3.05, 3.63) is 35.4 Å². The number of hydrogen-bond donors (Lipinski definition) is 2. The predicted molar refractivity (Wildman–Crippen MR) is 90.4 cm³/mol. The number of methoxy groups -OCH3 is 1. The Morgan fingerprint density at radius 3 is 2.87 bits per heavy atom. The molecule has 1 atom stereocenters. The van der Waals surface area contributed by atoms with E-state index in [2.05, 4.69) is 17.4 Å². The van der Waals surface area contributed by atoms with Crippen LogP contribution in [0.15, 0.2) is 24.3 Å². The minimum atomic E-state index is -0.397. The van der Waals surface area contributed by atoms with Crippen LogP contribution in [0, 0.1) is 0 Å². The first-order valence-electron chi connectivity index (χ1n) is 8.27. The summed E-state index contributed by atoms with van der Waals surface area (Å²) in [4.78, 5) is 14.5. The average molecular weight is 320 g/mol. The fourth-order valence-electron chi connectivity index (χ4n) is 2.96. The summed E-state index contributed by atoms with van der Waals surface area (Å²) < 4.78 is 5.36. The summed E-state index contributed by atoms with van der Waals surface area (Å²) in [5, 5.41) is 12.1. The molecular weight excluding hydrogens is 292 g/mol. The van der Waals surface area contributed by atoms with E-state index in [-0.39, 0.29) is 18.7 Å². The van der Waals surface area contributed by atoms with Gasteiger partial charge < -0.3 is 20.1 Å². The fraction of sp³-hybridized carbons (Fsp3) is 0.611. The van der Waals surface area contributed by atoms with E-state index >= 15 is 0 Å². The Labute approximate surface area is 138 Å². The van der Waals surface area contributed by atoms with Gasteiger partial charge in [0.05, 0.1) is 11.6 Å².